The molecule has 0 bridgehead atoms. The minimum absolute atomic E-state index is 0. The van der Waals surface area contributed by atoms with Gasteiger partial charge in [0.05, 0.1) is 0 Å². The molecule has 0 heterocycles. The third kappa shape index (κ3) is 9.72. The van der Waals surface area contributed by atoms with Gasteiger partial charge in [0, 0.05) is 0 Å². The summed E-state index contributed by atoms with van der Waals surface area (Å²) in [6, 6.07) is 0. The first-order valence-corrected chi connectivity index (χ1v) is 1.31. The van der Waals surface area contributed by atoms with Gasteiger partial charge in [-0.3, -0.25) is 0 Å². The maximum atomic E-state index is 4.64. The maximum absolute atomic E-state index is 4.64. The molecule has 4 heavy (non-hydrogen) atoms. The SMILES string of the molecule is Cl[CH]Cl.[PbH2]. The van der Waals surface area contributed by atoms with Gasteiger partial charge in [-0.1, -0.05) is 0 Å². The zero-order chi connectivity index (χ0) is 2.71. The van der Waals surface area contributed by atoms with Gasteiger partial charge in [-0.2, -0.15) is 0 Å². The molecule has 0 rings (SSSR count). The molecule has 0 aromatic heterocycles. The number of rotatable bonds is 0. The Hall–Kier alpha value is 1.50. The van der Waals surface area contributed by atoms with Gasteiger partial charge in [-0.05, 0) is 0 Å². The summed E-state index contributed by atoms with van der Waals surface area (Å²) in [6.45, 7) is 0. The number of hydrogen-bond acceptors (Lipinski definition) is 0. The van der Waals surface area contributed by atoms with Gasteiger partial charge in [0.1, 0.15) is 5.34 Å². The molecule has 0 aliphatic carbocycles. The molecule has 0 aliphatic rings. The van der Waals surface area contributed by atoms with Crippen molar-refractivity contribution in [1.82, 2.24) is 0 Å². The Kier molecular flexibility index (Phi) is 20.0. The Bertz CT molecular complexity index is 6.00. The quantitative estimate of drug-likeness (QED) is 0.576. The summed E-state index contributed by atoms with van der Waals surface area (Å²) in [7, 11) is 0. The van der Waals surface area contributed by atoms with Crippen LogP contribution in [0.25, 0.3) is 0 Å². The van der Waals surface area contributed by atoms with E-state index in [0.29, 0.717) is 0 Å². The average molecular weight is 293 g/mol. The summed E-state index contributed by atoms with van der Waals surface area (Å²) in [5.74, 6) is 0. The first kappa shape index (κ1) is 9.09. The van der Waals surface area contributed by atoms with Crippen LogP contribution in [0.4, 0.5) is 0 Å². The molecule has 0 aromatic rings. The fourth-order valence-electron chi connectivity index (χ4n) is 0. The molecular formula is CH3Cl2Pb. The van der Waals surface area contributed by atoms with Crippen LogP contribution < -0.4 is 0 Å². The predicted octanol–water partition coefficient (Wildman–Crippen LogP) is 0.667. The van der Waals surface area contributed by atoms with Crippen molar-refractivity contribution in [2.45, 2.75) is 0 Å². The zero-order valence-electron chi connectivity index (χ0n) is 2.04. The molecule has 0 aliphatic heterocycles. The number of halogens is 2. The van der Waals surface area contributed by atoms with Gasteiger partial charge in [0.2, 0.25) is 0 Å². The third-order valence-corrected chi connectivity index (χ3v) is 0. The van der Waals surface area contributed by atoms with Crippen molar-refractivity contribution in [3.8, 4) is 0 Å². The second kappa shape index (κ2) is 8.82. The van der Waals surface area contributed by atoms with Crippen LogP contribution in [0, 0.1) is 5.34 Å². The van der Waals surface area contributed by atoms with Gasteiger partial charge >= 0.3 is 27.3 Å². The second-order valence-electron chi connectivity index (χ2n) is 0.0825. The van der Waals surface area contributed by atoms with Gasteiger partial charge in [-0.25, -0.2) is 0 Å². The molecule has 25 valence electrons. The molecule has 0 spiro atoms. The van der Waals surface area contributed by atoms with Crippen LogP contribution >= 0.6 is 23.2 Å². The summed E-state index contributed by atoms with van der Waals surface area (Å²) >= 11 is 9.28. The molecule has 0 amide bonds. The Balaban J connectivity index is 0. The van der Waals surface area contributed by atoms with Gasteiger partial charge in [0.15, 0.2) is 0 Å². The molecule has 0 aromatic carbocycles. The molecule has 0 saturated carbocycles. The Labute approximate surface area is 55.6 Å². The molecule has 0 unspecified atom stereocenters. The van der Waals surface area contributed by atoms with Crippen molar-refractivity contribution in [3.63, 3.8) is 0 Å². The van der Waals surface area contributed by atoms with Gasteiger partial charge < -0.3 is 0 Å². The van der Waals surface area contributed by atoms with E-state index in [0.717, 1.165) is 5.34 Å². The molecule has 0 N–H and O–H groups in total. The second-order valence-corrected chi connectivity index (χ2v) is 0.742. The van der Waals surface area contributed by atoms with E-state index in [1.807, 2.05) is 0 Å². The topological polar surface area (TPSA) is 0 Å². The summed E-state index contributed by atoms with van der Waals surface area (Å²) in [5, 5.41) is 0.944. The van der Waals surface area contributed by atoms with E-state index in [9.17, 15) is 0 Å². The molecule has 0 nitrogen and oxygen atoms in total. The fraction of sp³-hybridized carbons (Fsp3) is 0. The summed E-state index contributed by atoms with van der Waals surface area (Å²) in [6.07, 6.45) is 0. The molecular weight excluding hydrogens is 290 g/mol. The van der Waals surface area contributed by atoms with E-state index in [4.69, 9.17) is 0 Å². The monoisotopic (exact) mass is 293 g/mol. The van der Waals surface area contributed by atoms with Crippen molar-refractivity contribution in [3.05, 3.63) is 5.34 Å². The summed E-state index contributed by atoms with van der Waals surface area (Å²) in [5.41, 5.74) is 0. The van der Waals surface area contributed by atoms with Crippen molar-refractivity contribution in [1.29, 1.82) is 0 Å². The predicted molar refractivity (Wildman–Crippen MR) is 24.5 cm³/mol. The summed E-state index contributed by atoms with van der Waals surface area (Å²) in [4.78, 5) is 0. The molecule has 0 saturated heterocycles. The van der Waals surface area contributed by atoms with Crippen molar-refractivity contribution >= 4 is 50.5 Å². The van der Waals surface area contributed by atoms with Gasteiger partial charge in [0.25, 0.3) is 0 Å². The summed E-state index contributed by atoms with van der Waals surface area (Å²) < 4.78 is 0. The normalized spacial score (nSPS) is 4.50. The van der Waals surface area contributed by atoms with Crippen LogP contribution in [0.1, 0.15) is 0 Å². The van der Waals surface area contributed by atoms with Crippen LogP contribution in [0.3, 0.4) is 0 Å². The van der Waals surface area contributed by atoms with Crippen LogP contribution in [-0.2, 0) is 0 Å². The third-order valence-electron chi connectivity index (χ3n) is 0. The molecule has 0 atom stereocenters. The average Bonchev–Trinajstić information content (AvgIpc) is 0.918. The molecule has 3 heteroatoms. The van der Waals surface area contributed by atoms with Crippen LogP contribution in [-0.4, -0.2) is 27.3 Å². The number of hydrogen-bond donors (Lipinski definition) is 0. The first-order valence-electron chi connectivity index (χ1n) is 0.436. The van der Waals surface area contributed by atoms with Gasteiger partial charge in [-0.15, -0.1) is 23.2 Å². The van der Waals surface area contributed by atoms with E-state index in [-0.39, 0.29) is 27.3 Å². The molecule has 3 radical (unpaired) electrons. The van der Waals surface area contributed by atoms with Crippen molar-refractivity contribution in [2.24, 2.45) is 0 Å². The first-order chi connectivity index (χ1) is 1.41. The van der Waals surface area contributed by atoms with E-state index in [2.05, 4.69) is 23.2 Å². The minimum atomic E-state index is 0. The van der Waals surface area contributed by atoms with E-state index >= 15 is 0 Å². The van der Waals surface area contributed by atoms with Crippen LogP contribution in [0.15, 0.2) is 0 Å². The van der Waals surface area contributed by atoms with Crippen molar-refractivity contribution in [2.75, 3.05) is 0 Å². The van der Waals surface area contributed by atoms with E-state index in [1.54, 1.807) is 0 Å². The zero-order valence-corrected chi connectivity index (χ0v) is 9.05. The Morgan fingerprint density at radius 1 is 1.25 bits per heavy atom. The van der Waals surface area contributed by atoms with E-state index in [1.165, 1.54) is 0 Å². The van der Waals surface area contributed by atoms with Crippen LogP contribution in [0.5, 0.6) is 0 Å². The Morgan fingerprint density at radius 3 is 1.25 bits per heavy atom. The standard InChI is InChI=1S/CHCl2.Pb.2H/c2-1-3;;;/h1H;;;. The molecule has 0 fully saturated rings. The van der Waals surface area contributed by atoms with Crippen molar-refractivity contribution < 1.29 is 0 Å². The Morgan fingerprint density at radius 2 is 1.25 bits per heavy atom. The van der Waals surface area contributed by atoms with E-state index < -0.39 is 0 Å². The fourth-order valence-corrected chi connectivity index (χ4v) is 0. The van der Waals surface area contributed by atoms with Crippen LogP contribution in [0.2, 0.25) is 0 Å².